The van der Waals surface area contributed by atoms with Crippen molar-refractivity contribution < 1.29 is 0 Å². The highest BCUT2D eigenvalue weighted by atomic mass is 14.8. The highest BCUT2D eigenvalue weighted by Crippen LogP contribution is 2.43. The predicted octanol–water partition coefficient (Wildman–Crippen LogP) is 10.1. The van der Waals surface area contributed by atoms with Crippen LogP contribution in [0.2, 0.25) is 0 Å². The van der Waals surface area contributed by atoms with E-state index in [2.05, 4.69) is 132 Å². The summed E-state index contributed by atoms with van der Waals surface area (Å²) < 4.78 is 0. The number of aromatic nitrogens is 3. The van der Waals surface area contributed by atoms with Crippen LogP contribution in [0.1, 0.15) is 0 Å². The van der Waals surface area contributed by atoms with E-state index in [-0.39, 0.29) is 0 Å². The number of rotatable bonds is 2. The molecule has 9 aromatic rings. The molecule has 3 heterocycles. The molecule has 0 saturated carbocycles. The van der Waals surface area contributed by atoms with Gasteiger partial charge in [-0.15, -0.1) is 0 Å². The number of para-hydroxylation sites is 1. The van der Waals surface area contributed by atoms with E-state index in [0.717, 1.165) is 49.8 Å². The summed E-state index contributed by atoms with van der Waals surface area (Å²) >= 11 is 0. The Morgan fingerprint density at radius 3 is 1.86 bits per heavy atom. The first-order chi connectivity index (χ1) is 20.8. The molecule has 3 heteroatoms. The molecule has 0 saturated heterocycles. The Labute approximate surface area is 241 Å². The van der Waals surface area contributed by atoms with Gasteiger partial charge in [0, 0.05) is 44.3 Å². The van der Waals surface area contributed by atoms with Crippen LogP contribution in [0.4, 0.5) is 0 Å². The topological polar surface area (TPSA) is 38.7 Å². The lowest BCUT2D eigenvalue weighted by Crippen LogP contribution is -1.94. The maximum absolute atomic E-state index is 5.33. The van der Waals surface area contributed by atoms with Crippen LogP contribution in [-0.2, 0) is 0 Å². The van der Waals surface area contributed by atoms with Crippen LogP contribution in [0.3, 0.4) is 0 Å². The van der Waals surface area contributed by atoms with E-state index in [4.69, 9.17) is 9.97 Å². The minimum absolute atomic E-state index is 0.919. The lowest BCUT2D eigenvalue weighted by atomic mass is 9.89. The van der Waals surface area contributed by atoms with Gasteiger partial charge in [-0.2, -0.15) is 0 Å². The number of hydrogen-bond acceptors (Lipinski definition) is 3. The smallest absolute Gasteiger partial charge is 0.0972 e. The number of benzene rings is 6. The lowest BCUT2D eigenvalue weighted by Gasteiger charge is -2.16. The second-order valence-corrected chi connectivity index (χ2v) is 10.8. The molecule has 0 spiro atoms. The second kappa shape index (κ2) is 8.92. The summed E-state index contributed by atoms with van der Waals surface area (Å²) in [5, 5.41) is 10.7. The summed E-state index contributed by atoms with van der Waals surface area (Å²) in [6.07, 6.45) is 1.83. The van der Waals surface area contributed by atoms with Crippen molar-refractivity contribution >= 4 is 65.0 Å². The summed E-state index contributed by atoms with van der Waals surface area (Å²) in [5.41, 5.74) is 6.86. The molecule has 0 aliphatic heterocycles. The molecule has 6 aromatic carbocycles. The van der Waals surface area contributed by atoms with Crippen LogP contribution < -0.4 is 0 Å². The van der Waals surface area contributed by atoms with Crippen molar-refractivity contribution in [3.8, 4) is 22.5 Å². The molecule has 9 rings (SSSR count). The van der Waals surface area contributed by atoms with Crippen molar-refractivity contribution in [3.05, 3.63) is 140 Å². The van der Waals surface area contributed by atoms with Gasteiger partial charge in [0.2, 0.25) is 0 Å². The number of fused-ring (bicyclic) bond motifs is 11. The van der Waals surface area contributed by atoms with Gasteiger partial charge >= 0.3 is 0 Å². The standard InChI is InChI=1S/C39H23N3/c1-3-14-30-28(12-1)29-13-2-4-15-31(29)36-35(30)32-16-5-6-17-34(32)42-37(36)27-10-7-9-26(23-27)33-21-20-25-19-18-24-11-8-22-40-38(24)39(25)41-33/h1-23H. The molecular weight excluding hydrogens is 510 g/mol. The van der Waals surface area contributed by atoms with Crippen LogP contribution in [0.5, 0.6) is 0 Å². The molecule has 3 nitrogen and oxygen atoms in total. The Hall–Kier alpha value is -5.67. The molecule has 0 bridgehead atoms. The van der Waals surface area contributed by atoms with Crippen molar-refractivity contribution in [2.75, 3.05) is 0 Å². The highest BCUT2D eigenvalue weighted by Gasteiger charge is 2.18. The number of hydrogen-bond donors (Lipinski definition) is 0. The third kappa shape index (κ3) is 3.37. The van der Waals surface area contributed by atoms with E-state index in [0.29, 0.717) is 0 Å². The van der Waals surface area contributed by atoms with E-state index < -0.39 is 0 Å². The van der Waals surface area contributed by atoms with Gasteiger partial charge in [-0.3, -0.25) is 4.98 Å². The first-order valence-electron chi connectivity index (χ1n) is 14.2. The van der Waals surface area contributed by atoms with E-state index in [1.165, 1.54) is 37.7 Å². The van der Waals surface area contributed by atoms with Gasteiger partial charge in [0.05, 0.1) is 27.9 Å². The quantitative estimate of drug-likeness (QED) is 0.208. The Morgan fingerprint density at radius 2 is 1.05 bits per heavy atom. The Kier molecular flexibility index (Phi) is 4.90. The third-order valence-electron chi connectivity index (χ3n) is 8.44. The molecule has 0 amide bonds. The third-order valence-corrected chi connectivity index (χ3v) is 8.44. The molecule has 0 aliphatic rings. The largest absolute Gasteiger partial charge is 0.254 e. The first kappa shape index (κ1) is 23.1. The molecule has 42 heavy (non-hydrogen) atoms. The first-order valence-corrected chi connectivity index (χ1v) is 14.2. The summed E-state index contributed by atoms with van der Waals surface area (Å²) in [6, 6.07) is 47.1. The van der Waals surface area contributed by atoms with Gasteiger partial charge in [-0.05, 0) is 45.8 Å². The highest BCUT2D eigenvalue weighted by molar-refractivity contribution is 6.33. The fourth-order valence-corrected chi connectivity index (χ4v) is 6.55. The normalized spacial score (nSPS) is 11.8. The maximum atomic E-state index is 5.33. The Balaban J connectivity index is 1.36. The molecule has 0 N–H and O–H groups in total. The average molecular weight is 534 g/mol. The summed E-state index contributed by atoms with van der Waals surface area (Å²) in [4.78, 5) is 15.1. The summed E-state index contributed by atoms with van der Waals surface area (Å²) in [5.74, 6) is 0. The molecule has 0 fully saturated rings. The van der Waals surface area contributed by atoms with Crippen molar-refractivity contribution in [3.63, 3.8) is 0 Å². The predicted molar refractivity (Wildman–Crippen MR) is 176 cm³/mol. The lowest BCUT2D eigenvalue weighted by molar-refractivity contribution is 1.37. The molecular formula is C39H23N3. The molecule has 3 aromatic heterocycles. The number of nitrogens with zero attached hydrogens (tertiary/aromatic N) is 3. The van der Waals surface area contributed by atoms with Gasteiger partial charge in [0.25, 0.3) is 0 Å². The zero-order valence-electron chi connectivity index (χ0n) is 22.6. The van der Waals surface area contributed by atoms with Crippen LogP contribution in [-0.4, -0.2) is 15.0 Å². The zero-order valence-corrected chi connectivity index (χ0v) is 22.6. The Morgan fingerprint density at radius 1 is 0.405 bits per heavy atom. The van der Waals surface area contributed by atoms with Crippen LogP contribution in [0.15, 0.2) is 140 Å². The van der Waals surface area contributed by atoms with Crippen molar-refractivity contribution in [1.29, 1.82) is 0 Å². The second-order valence-electron chi connectivity index (χ2n) is 10.8. The van der Waals surface area contributed by atoms with E-state index in [9.17, 15) is 0 Å². The van der Waals surface area contributed by atoms with Gasteiger partial charge in [-0.1, -0.05) is 109 Å². The number of pyridine rings is 3. The van der Waals surface area contributed by atoms with Crippen molar-refractivity contribution in [2.45, 2.75) is 0 Å². The molecule has 0 atom stereocenters. The van der Waals surface area contributed by atoms with Crippen LogP contribution in [0, 0.1) is 0 Å². The molecule has 194 valence electrons. The van der Waals surface area contributed by atoms with Crippen LogP contribution >= 0.6 is 0 Å². The monoisotopic (exact) mass is 533 g/mol. The van der Waals surface area contributed by atoms with E-state index in [1.54, 1.807) is 0 Å². The van der Waals surface area contributed by atoms with Gasteiger partial charge in [0.15, 0.2) is 0 Å². The van der Waals surface area contributed by atoms with Gasteiger partial charge in [0.1, 0.15) is 0 Å². The summed E-state index contributed by atoms with van der Waals surface area (Å²) in [7, 11) is 0. The van der Waals surface area contributed by atoms with E-state index in [1.807, 2.05) is 12.3 Å². The molecule has 0 aliphatic carbocycles. The Bertz CT molecular complexity index is 2530. The molecule has 0 radical (unpaired) electrons. The van der Waals surface area contributed by atoms with Crippen LogP contribution in [0.25, 0.3) is 87.5 Å². The zero-order chi connectivity index (χ0) is 27.6. The van der Waals surface area contributed by atoms with E-state index >= 15 is 0 Å². The SMILES string of the molecule is c1cc(-c2ccc3ccc4cccnc4c3n2)cc(-c2nc3ccccc3c3c4ccccc4c4ccccc4c23)c1. The fraction of sp³-hybridized carbons (Fsp3) is 0. The van der Waals surface area contributed by atoms with Gasteiger partial charge in [-0.25, -0.2) is 9.97 Å². The average Bonchev–Trinajstić information content (AvgIpc) is 3.07. The minimum atomic E-state index is 0.919. The minimum Gasteiger partial charge on any atom is -0.254 e. The van der Waals surface area contributed by atoms with Crippen molar-refractivity contribution in [2.24, 2.45) is 0 Å². The maximum Gasteiger partial charge on any atom is 0.0972 e. The summed E-state index contributed by atoms with van der Waals surface area (Å²) in [6.45, 7) is 0. The van der Waals surface area contributed by atoms with Gasteiger partial charge < -0.3 is 0 Å². The molecule has 0 unspecified atom stereocenters. The van der Waals surface area contributed by atoms with Crippen molar-refractivity contribution in [1.82, 2.24) is 15.0 Å². The fourth-order valence-electron chi connectivity index (χ4n) is 6.55.